The summed E-state index contributed by atoms with van der Waals surface area (Å²) in [4.78, 5) is 14.6. The van der Waals surface area contributed by atoms with Crippen molar-refractivity contribution in [1.29, 1.82) is 0 Å². The molecule has 0 unspecified atom stereocenters. The summed E-state index contributed by atoms with van der Waals surface area (Å²) in [6, 6.07) is 10.1. The zero-order chi connectivity index (χ0) is 20.1. The van der Waals surface area contributed by atoms with Gasteiger partial charge >= 0.3 is 6.03 Å². The normalized spacial score (nSPS) is 17.7. The molecule has 1 aromatic heterocycles. The SMILES string of the molecule is CCn1nc(CN2CCC(NC(=O)NCc3ccccc3)CC2)c2c1CCOC2. The smallest absolute Gasteiger partial charge is 0.315 e. The zero-order valence-electron chi connectivity index (χ0n) is 17.2. The number of urea groups is 1. The van der Waals surface area contributed by atoms with Crippen molar-refractivity contribution in [2.45, 2.75) is 58.5 Å². The molecule has 1 saturated heterocycles. The molecular formula is C22H31N5O2. The Morgan fingerprint density at radius 3 is 2.79 bits per heavy atom. The summed E-state index contributed by atoms with van der Waals surface area (Å²) < 4.78 is 7.81. The molecule has 0 aliphatic carbocycles. The van der Waals surface area contributed by atoms with Gasteiger partial charge in [0, 0.05) is 56.4 Å². The molecular weight excluding hydrogens is 366 g/mol. The number of likely N-dealkylation sites (tertiary alicyclic amines) is 1. The molecule has 2 aliphatic heterocycles. The molecule has 2 aromatic rings. The first-order valence-electron chi connectivity index (χ1n) is 10.7. The number of fused-ring (bicyclic) bond motifs is 1. The maximum atomic E-state index is 12.2. The highest BCUT2D eigenvalue weighted by Gasteiger charge is 2.25. The predicted molar refractivity (Wildman–Crippen MR) is 111 cm³/mol. The average Bonchev–Trinajstić information content (AvgIpc) is 3.12. The summed E-state index contributed by atoms with van der Waals surface area (Å²) in [5, 5.41) is 10.9. The van der Waals surface area contributed by atoms with E-state index in [4.69, 9.17) is 9.84 Å². The van der Waals surface area contributed by atoms with Crippen molar-refractivity contribution in [2.75, 3.05) is 19.7 Å². The van der Waals surface area contributed by atoms with Crippen LogP contribution in [0.3, 0.4) is 0 Å². The van der Waals surface area contributed by atoms with Crippen LogP contribution < -0.4 is 10.6 Å². The number of benzene rings is 1. The van der Waals surface area contributed by atoms with Gasteiger partial charge in [0.05, 0.1) is 18.9 Å². The first kappa shape index (κ1) is 19.9. The third-order valence-electron chi connectivity index (χ3n) is 5.87. The molecule has 7 heteroatoms. The van der Waals surface area contributed by atoms with Gasteiger partial charge in [-0.3, -0.25) is 9.58 Å². The Morgan fingerprint density at radius 1 is 1.24 bits per heavy atom. The van der Waals surface area contributed by atoms with E-state index in [-0.39, 0.29) is 12.1 Å². The van der Waals surface area contributed by atoms with Crippen molar-refractivity contribution < 1.29 is 9.53 Å². The molecule has 3 heterocycles. The molecule has 29 heavy (non-hydrogen) atoms. The molecule has 1 fully saturated rings. The van der Waals surface area contributed by atoms with Gasteiger partial charge in [0.2, 0.25) is 0 Å². The summed E-state index contributed by atoms with van der Waals surface area (Å²) in [5.74, 6) is 0. The fourth-order valence-corrected chi connectivity index (χ4v) is 4.23. The van der Waals surface area contributed by atoms with Gasteiger partial charge in [-0.1, -0.05) is 30.3 Å². The molecule has 4 rings (SSSR count). The first-order chi connectivity index (χ1) is 14.2. The number of ether oxygens (including phenoxy) is 1. The zero-order valence-corrected chi connectivity index (χ0v) is 17.2. The number of carbonyl (C=O) groups excluding carboxylic acids is 1. The number of carbonyl (C=O) groups is 1. The number of nitrogens with zero attached hydrogens (tertiary/aromatic N) is 3. The van der Waals surface area contributed by atoms with Gasteiger partial charge in [-0.2, -0.15) is 5.10 Å². The minimum Gasteiger partial charge on any atom is -0.376 e. The third-order valence-corrected chi connectivity index (χ3v) is 5.87. The van der Waals surface area contributed by atoms with E-state index in [1.54, 1.807) is 0 Å². The third kappa shape index (κ3) is 4.97. The topological polar surface area (TPSA) is 71.4 Å². The van der Waals surface area contributed by atoms with E-state index in [0.29, 0.717) is 13.2 Å². The predicted octanol–water partition coefficient (Wildman–Crippen LogP) is 2.44. The van der Waals surface area contributed by atoms with Crippen LogP contribution in [-0.2, 0) is 37.4 Å². The Morgan fingerprint density at radius 2 is 2.03 bits per heavy atom. The fraction of sp³-hybridized carbons (Fsp3) is 0.545. The molecule has 7 nitrogen and oxygen atoms in total. The quantitative estimate of drug-likeness (QED) is 0.785. The molecule has 0 saturated carbocycles. The number of piperidine rings is 1. The highest BCUT2D eigenvalue weighted by atomic mass is 16.5. The van der Waals surface area contributed by atoms with E-state index < -0.39 is 0 Å². The van der Waals surface area contributed by atoms with E-state index in [9.17, 15) is 4.79 Å². The van der Waals surface area contributed by atoms with Gasteiger partial charge in [-0.25, -0.2) is 4.79 Å². The Hall–Kier alpha value is -2.38. The molecule has 2 aliphatic rings. The maximum Gasteiger partial charge on any atom is 0.315 e. The van der Waals surface area contributed by atoms with Crippen LogP contribution in [0.15, 0.2) is 30.3 Å². The number of amides is 2. The van der Waals surface area contributed by atoms with Crippen molar-refractivity contribution >= 4 is 6.03 Å². The van der Waals surface area contributed by atoms with E-state index in [0.717, 1.165) is 63.3 Å². The molecule has 2 amide bonds. The van der Waals surface area contributed by atoms with E-state index in [2.05, 4.69) is 27.1 Å². The largest absolute Gasteiger partial charge is 0.376 e. The summed E-state index contributed by atoms with van der Waals surface area (Å²) in [5.41, 5.74) is 4.91. The van der Waals surface area contributed by atoms with Gasteiger partial charge in [0.15, 0.2) is 0 Å². The second-order valence-electron chi connectivity index (χ2n) is 7.85. The van der Waals surface area contributed by atoms with Gasteiger partial charge in [-0.05, 0) is 25.3 Å². The van der Waals surface area contributed by atoms with Crippen LogP contribution in [0.25, 0.3) is 0 Å². The first-order valence-corrected chi connectivity index (χ1v) is 10.7. The minimum atomic E-state index is -0.0831. The molecule has 2 N–H and O–H groups in total. The summed E-state index contributed by atoms with van der Waals surface area (Å²) in [6.45, 7) is 7.89. The number of rotatable bonds is 6. The van der Waals surface area contributed by atoms with Crippen LogP contribution >= 0.6 is 0 Å². The van der Waals surface area contributed by atoms with Crippen LogP contribution in [0.2, 0.25) is 0 Å². The van der Waals surface area contributed by atoms with Crippen LogP contribution in [0.1, 0.15) is 42.3 Å². The maximum absolute atomic E-state index is 12.2. The average molecular weight is 398 g/mol. The Kier molecular flexibility index (Phi) is 6.46. The van der Waals surface area contributed by atoms with Gasteiger partial charge < -0.3 is 15.4 Å². The van der Waals surface area contributed by atoms with Gasteiger partial charge in [0.25, 0.3) is 0 Å². The molecule has 156 valence electrons. The van der Waals surface area contributed by atoms with E-state index >= 15 is 0 Å². The van der Waals surface area contributed by atoms with Crippen molar-refractivity contribution in [2.24, 2.45) is 0 Å². The summed E-state index contributed by atoms with van der Waals surface area (Å²) >= 11 is 0. The molecule has 1 aromatic carbocycles. The monoisotopic (exact) mass is 397 g/mol. The number of hydrogen-bond acceptors (Lipinski definition) is 4. The van der Waals surface area contributed by atoms with Crippen molar-refractivity contribution in [3.63, 3.8) is 0 Å². The number of hydrogen-bond donors (Lipinski definition) is 2. The van der Waals surface area contributed by atoms with E-state index in [1.165, 1.54) is 11.3 Å². The van der Waals surface area contributed by atoms with Crippen molar-refractivity contribution in [3.05, 3.63) is 52.8 Å². The summed E-state index contributed by atoms with van der Waals surface area (Å²) in [6.07, 6.45) is 2.89. The van der Waals surface area contributed by atoms with Crippen LogP contribution in [0, 0.1) is 0 Å². The Labute approximate surface area is 172 Å². The molecule has 0 atom stereocenters. The summed E-state index contributed by atoms with van der Waals surface area (Å²) in [7, 11) is 0. The molecule has 0 bridgehead atoms. The van der Waals surface area contributed by atoms with Crippen LogP contribution in [0.4, 0.5) is 4.79 Å². The number of aromatic nitrogens is 2. The van der Waals surface area contributed by atoms with Crippen molar-refractivity contribution in [3.8, 4) is 0 Å². The lowest BCUT2D eigenvalue weighted by atomic mass is 10.0. The second kappa shape index (κ2) is 9.41. The van der Waals surface area contributed by atoms with Crippen LogP contribution in [0.5, 0.6) is 0 Å². The minimum absolute atomic E-state index is 0.0831. The van der Waals surface area contributed by atoms with E-state index in [1.807, 2.05) is 30.3 Å². The lowest BCUT2D eigenvalue weighted by Crippen LogP contribution is -2.47. The van der Waals surface area contributed by atoms with Crippen molar-refractivity contribution in [1.82, 2.24) is 25.3 Å². The molecule has 0 radical (unpaired) electrons. The Bertz CT molecular complexity index is 812. The number of aryl methyl sites for hydroxylation is 1. The highest BCUT2D eigenvalue weighted by Crippen LogP contribution is 2.23. The second-order valence-corrected chi connectivity index (χ2v) is 7.85. The highest BCUT2D eigenvalue weighted by molar-refractivity contribution is 5.74. The number of nitrogens with one attached hydrogen (secondary N) is 2. The fourth-order valence-electron chi connectivity index (χ4n) is 4.23. The lowest BCUT2D eigenvalue weighted by molar-refractivity contribution is 0.107. The Balaban J connectivity index is 1.24. The lowest BCUT2D eigenvalue weighted by Gasteiger charge is -2.32. The van der Waals surface area contributed by atoms with Gasteiger partial charge in [-0.15, -0.1) is 0 Å². The van der Waals surface area contributed by atoms with Gasteiger partial charge in [0.1, 0.15) is 0 Å². The van der Waals surface area contributed by atoms with Crippen LogP contribution in [-0.4, -0.2) is 46.4 Å². The molecule has 0 spiro atoms. The standard InChI is InChI=1S/C22H31N5O2/c1-2-27-21-10-13-29-16-19(21)20(25-27)15-26-11-8-18(9-12-26)24-22(28)23-14-17-6-4-3-5-7-17/h3-7,18H,2,8-16H2,1H3,(H2,23,24,28).